The Morgan fingerprint density at radius 1 is 0.949 bits per heavy atom. The Morgan fingerprint density at radius 3 is 2.49 bits per heavy atom. The molecule has 39 heavy (non-hydrogen) atoms. The highest BCUT2D eigenvalue weighted by molar-refractivity contribution is 6.04. The van der Waals surface area contributed by atoms with Crippen LogP contribution in [0.25, 0.3) is 11.3 Å². The van der Waals surface area contributed by atoms with Gasteiger partial charge in [0.2, 0.25) is 0 Å². The second-order valence-corrected chi connectivity index (χ2v) is 9.59. The third kappa shape index (κ3) is 6.89. The van der Waals surface area contributed by atoms with Gasteiger partial charge in [-0.25, -0.2) is 4.79 Å². The molecule has 0 atom stereocenters. The van der Waals surface area contributed by atoms with Gasteiger partial charge in [-0.15, -0.1) is 0 Å². The molecule has 2 aromatic carbocycles. The highest BCUT2D eigenvalue weighted by Gasteiger charge is 2.15. The molecule has 2 aromatic heterocycles. The molecule has 3 amide bonds. The van der Waals surface area contributed by atoms with Gasteiger partial charge >= 0.3 is 6.03 Å². The van der Waals surface area contributed by atoms with Crippen LogP contribution < -0.4 is 16.0 Å². The number of aromatic amines is 1. The Hall–Kier alpha value is -4.48. The number of amides is 3. The van der Waals surface area contributed by atoms with Crippen molar-refractivity contribution in [3.8, 4) is 11.3 Å². The largest absolute Gasteiger partial charge is 0.359 e. The maximum atomic E-state index is 12.8. The van der Waals surface area contributed by atoms with Crippen molar-refractivity contribution in [2.45, 2.75) is 19.9 Å². The molecule has 4 N–H and O–H groups in total. The minimum absolute atomic E-state index is 0.231. The summed E-state index contributed by atoms with van der Waals surface area (Å²) < 4.78 is 5.10. The number of aryl methyl sites for hydroxylation is 1. The molecule has 1 fully saturated rings. The minimum atomic E-state index is -0.435. The van der Waals surface area contributed by atoms with Crippen LogP contribution in [0.3, 0.4) is 0 Å². The van der Waals surface area contributed by atoms with Crippen LogP contribution in [0.5, 0.6) is 0 Å². The van der Waals surface area contributed by atoms with Crippen molar-refractivity contribution in [3.05, 3.63) is 77.6 Å². The summed E-state index contributed by atoms with van der Waals surface area (Å²) in [5.41, 5.74) is 3.83. The van der Waals surface area contributed by atoms with Crippen molar-refractivity contribution in [2.75, 3.05) is 49.2 Å². The van der Waals surface area contributed by atoms with E-state index in [1.54, 1.807) is 24.3 Å². The third-order valence-corrected chi connectivity index (χ3v) is 6.62. The van der Waals surface area contributed by atoms with Gasteiger partial charge in [0.15, 0.2) is 11.6 Å². The fourth-order valence-corrected chi connectivity index (χ4v) is 4.33. The first-order valence-corrected chi connectivity index (χ1v) is 13.0. The highest BCUT2D eigenvalue weighted by Crippen LogP contribution is 2.23. The van der Waals surface area contributed by atoms with E-state index in [0.29, 0.717) is 40.8 Å². The van der Waals surface area contributed by atoms with Crippen molar-refractivity contribution in [3.63, 3.8) is 0 Å². The van der Waals surface area contributed by atoms with Gasteiger partial charge in [0.05, 0.1) is 5.69 Å². The number of anilines is 3. The first-order chi connectivity index (χ1) is 18.9. The van der Waals surface area contributed by atoms with E-state index in [4.69, 9.17) is 4.52 Å². The first-order valence-electron chi connectivity index (χ1n) is 13.0. The minimum Gasteiger partial charge on any atom is -0.359 e. The molecule has 4 aromatic rings. The number of nitrogens with zero attached hydrogens (tertiary/aromatic N) is 4. The molecule has 1 aliphatic rings. The van der Waals surface area contributed by atoms with E-state index in [0.717, 1.165) is 38.3 Å². The quantitative estimate of drug-likeness (QED) is 0.269. The summed E-state index contributed by atoms with van der Waals surface area (Å²) in [6, 6.07) is 18.0. The number of benzene rings is 2. The number of hydrogen-bond donors (Lipinski definition) is 4. The molecule has 0 spiro atoms. The molecule has 1 saturated heterocycles. The number of nitrogens with one attached hydrogen (secondary N) is 4. The number of H-pyrrole nitrogens is 1. The normalized spacial score (nSPS) is 14.2. The third-order valence-electron chi connectivity index (χ3n) is 6.62. The summed E-state index contributed by atoms with van der Waals surface area (Å²) in [5.74, 6) is 1.21. The molecule has 1 aliphatic heterocycles. The zero-order valence-corrected chi connectivity index (χ0v) is 22.0. The number of likely N-dealkylation sites (N-methyl/N-ethyl adjacent to an activating group) is 1. The fraction of sp³-hybridized carbons (Fsp3) is 0.286. The zero-order chi connectivity index (χ0) is 27.2. The number of rotatable bonds is 8. The second kappa shape index (κ2) is 11.9. The molecular formula is C28H32N8O3. The van der Waals surface area contributed by atoms with Crippen LogP contribution in [0.2, 0.25) is 0 Å². The number of piperazine rings is 1. The molecule has 5 rings (SSSR count). The molecule has 202 valence electrons. The van der Waals surface area contributed by atoms with E-state index < -0.39 is 6.03 Å². The average Bonchev–Trinajstić information content (AvgIpc) is 3.60. The second-order valence-electron chi connectivity index (χ2n) is 9.59. The maximum absolute atomic E-state index is 12.8. The number of carbonyl (C=O) groups is 2. The van der Waals surface area contributed by atoms with Gasteiger partial charge in [-0.2, -0.15) is 5.10 Å². The molecule has 3 heterocycles. The lowest BCUT2D eigenvalue weighted by atomic mass is 10.1. The van der Waals surface area contributed by atoms with Gasteiger partial charge in [0.1, 0.15) is 5.76 Å². The first kappa shape index (κ1) is 26.1. The van der Waals surface area contributed by atoms with E-state index in [2.05, 4.69) is 48.2 Å². The van der Waals surface area contributed by atoms with Crippen LogP contribution in [-0.4, -0.2) is 70.3 Å². The topological polar surface area (TPSA) is 131 Å². The number of hydrogen-bond acceptors (Lipinski definition) is 7. The highest BCUT2D eigenvalue weighted by atomic mass is 16.5. The molecule has 11 heteroatoms. The molecule has 0 aliphatic carbocycles. The van der Waals surface area contributed by atoms with Gasteiger partial charge in [-0.1, -0.05) is 36.3 Å². The van der Waals surface area contributed by atoms with E-state index >= 15 is 0 Å². The molecule has 11 nitrogen and oxygen atoms in total. The lowest BCUT2D eigenvalue weighted by Gasteiger charge is -2.32. The lowest BCUT2D eigenvalue weighted by Crippen LogP contribution is -2.43. The fourth-order valence-electron chi connectivity index (χ4n) is 4.33. The summed E-state index contributed by atoms with van der Waals surface area (Å²) in [6.07, 6.45) is 0.689. The van der Waals surface area contributed by atoms with Gasteiger partial charge in [-0.05, 0) is 36.9 Å². The van der Waals surface area contributed by atoms with E-state index in [-0.39, 0.29) is 5.91 Å². The predicted molar refractivity (Wildman–Crippen MR) is 150 cm³/mol. The van der Waals surface area contributed by atoms with Crippen molar-refractivity contribution in [2.24, 2.45) is 0 Å². The summed E-state index contributed by atoms with van der Waals surface area (Å²) in [5, 5.41) is 19.3. The van der Waals surface area contributed by atoms with Crippen LogP contribution in [-0.2, 0) is 13.0 Å². The van der Waals surface area contributed by atoms with Crippen LogP contribution in [0.4, 0.5) is 22.1 Å². The molecular weight excluding hydrogens is 496 g/mol. The van der Waals surface area contributed by atoms with Gasteiger partial charge in [0.25, 0.3) is 5.91 Å². The standard InChI is InChI=1S/C28H32N8O3/c1-3-23-16-26(34-39-23)31-28(38)29-22-6-4-5-21(15-22)24-17-25(33-32-24)30-27(37)20-9-7-19(8-10-20)18-36-13-11-35(2)12-14-36/h4-10,15-17H,3,11-14,18H2,1-2H3,(H2,29,31,34,38)(H2,30,32,33,37). The van der Waals surface area contributed by atoms with Crippen LogP contribution in [0, 0.1) is 0 Å². The van der Waals surface area contributed by atoms with Gasteiger partial charge in [0, 0.05) is 68.1 Å². The van der Waals surface area contributed by atoms with Crippen molar-refractivity contribution < 1.29 is 14.1 Å². The van der Waals surface area contributed by atoms with Crippen molar-refractivity contribution in [1.29, 1.82) is 0 Å². The van der Waals surface area contributed by atoms with E-state index in [9.17, 15) is 9.59 Å². The Morgan fingerprint density at radius 2 is 1.74 bits per heavy atom. The number of carbonyl (C=O) groups excluding carboxylic acids is 2. The lowest BCUT2D eigenvalue weighted by molar-refractivity contribution is 0.102. The smallest absolute Gasteiger partial charge is 0.324 e. The molecule has 0 saturated carbocycles. The summed E-state index contributed by atoms with van der Waals surface area (Å²) in [4.78, 5) is 29.9. The van der Waals surface area contributed by atoms with Crippen molar-refractivity contribution in [1.82, 2.24) is 25.2 Å². The van der Waals surface area contributed by atoms with E-state index in [1.807, 2.05) is 43.3 Å². The average molecular weight is 529 g/mol. The number of urea groups is 1. The van der Waals surface area contributed by atoms with Crippen LogP contribution >= 0.6 is 0 Å². The van der Waals surface area contributed by atoms with Crippen LogP contribution in [0.15, 0.2) is 65.2 Å². The van der Waals surface area contributed by atoms with Crippen molar-refractivity contribution >= 4 is 29.3 Å². The zero-order valence-electron chi connectivity index (χ0n) is 22.0. The summed E-state index contributed by atoms with van der Waals surface area (Å²) in [7, 11) is 2.15. The summed E-state index contributed by atoms with van der Waals surface area (Å²) >= 11 is 0. The number of aromatic nitrogens is 3. The molecule has 0 unspecified atom stereocenters. The van der Waals surface area contributed by atoms with Gasteiger partial charge in [-0.3, -0.25) is 20.1 Å². The Bertz CT molecular complexity index is 1420. The van der Waals surface area contributed by atoms with Crippen LogP contribution in [0.1, 0.15) is 28.6 Å². The van der Waals surface area contributed by atoms with Gasteiger partial charge < -0.3 is 20.1 Å². The Balaban J connectivity index is 1.16. The summed E-state index contributed by atoms with van der Waals surface area (Å²) in [6.45, 7) is 7.07. The monoisotopic (exact) mass is 528 g/mol. The van der Waals surface area contributed by atoms with E-state index in [1.165, 1.54) is 5.56 Å². The Labute approximate surface area is 226 Å². The molecule has 0 bridgehead atoms. The Kier molecular flexibility index (Phi) is 7.99. The SMILES string of the molecule is CCc1cc(NC(=O)Nc2cccc(-c3cc(NC(=O)c4ccc(CN5CCN(C)CC5)cc4)n[nH]3)c2)no1. The molecule has 0 radical (unpaired) electrons. The predicted octanol–water partition coefficient (Wildman–Crippen LogP) is 4.27. The maximum Gasteiger partial charge on any atom is 0.324 e.